The van der Waals surface area contributed by atoms with Crippen molar-refractivity contribution in [3.8, 4) is 0 Å². The molecule has 0 saturated carbocycles. The molecule has 6 nitrogen and oxygen atoms in total. The lowest BCUT2D eigenvalue weighted by Gasteiger charge is -2.13. The van der Waals surface area contributed by atoms with Gasteiger partial charge in [0.25, 0.3) is 0 Å². The van der Waals surface area contributed by atoms with Crippen LogP contribution < -0.4 is 5.32 Å². The molecule has 2 rings (SSSR count). The van der Waals surface area contributed by atoms with E-state index in [-0.39, 0.29) is 11.9 Å². The van der Waals surface area contributed by atoms with E-state index in [4.69, 9.17) is 0 Å². The van der Waals surface area contributed by atoms with Crippen LogP contribution in [0.15, 0.2) is 24.5 Å². The first-order chi connectivity index (χ1) is 8.08. The molecule has 0 aliphatic carbocycles. The number of hydrogen-bond acceptors (Lipinski definition) is 3. The summed E-state index contributed by atoms with van der Waals surface area (Å²) >= 11 is 0. The smallest absolute Gasteiger partial charge is 0.250 e. The molecule has 2 heterocycles. The van der Waals surface area contributed by atoms with Gasteiger partial charge in [0, 0.05) is 31.2 Å². The van der Waals surface area contributed by atoms with Crippen molar-refractivity contribution in [3.05, 3.63) is 30.2 Å². The van der Waals surface area contributed by atoms with Gasteiger partial charge in [0.05, 0.1) is 0 Å². The van der Waals surface area contributed by atoms with Crippen LogP contribution >= 0.6 is 0 Å². The van der Waals surface area contributed by atoms with Crippen LogP contribution in [0, 0.1) is 6.92 Å². The molecule has 0 aliphatic rings. The van der Waals surface area contributed by atoms with E-state index in [1.54, 1.807) is 41.8 Å². The minimum Gasteiger partial charge on any atom is -0.307 e. The summed E-state index contributed by atoms with van der Waals surface area (Å²) in [6, 6.07) is 3.26. The Kier molecular flexibility index (Phi) is 2.95. The average molecular weight is 233 g/mol. The summed E-state index contributed by atoms with van der Waals surface area (Å²) in [5.74, 6) is 0.421. The molecule has 2 aromatic heterocycles. The third-order valence-corrected chi connectivity index (χ3v) is 2.58. The fourth-order valence-electron chi connectivity index (χ4n) is 1.61. The lowest BCUT2D eigenvalue weighted by Crippen LogP contribution is -2.25. The Balaban J connectivity index is 2.08. The lowest BCUT2D eigenvalue weighted by atomic mass is 10.3. The van der Waals surface area contributed by atoms with Gasteiger partial charge in [0.1, 0.15) is 6.04 Å². The number of aryl methyl sites for hydroxylation is 2. The zero-order valence-corrected chi connectivity index (χ0v) is 10.1. The molecule has 0 bridgehead atoms. The van der Waals surface area contributed by atoms with Crippen molar-refractivity contribution >= 4 is 11.7 Å². The Hall–Kier alpha value is -2.11. The number of carbonyl (C=O) groups is 1. The normalized spacial score (nSPS) is 12.4. The minimum atomic E-state index is -0.355. The average Bonchev–Trinajstić information content (AvgIpc) is 2.86. The quantitative estimate of drug-likeness (QED) is 0.864. The first kappa shape index (κ1) is 11.4. The van der Waals surface area contributed by atoms with Gasteiger partial charge in [-0.2, -0.15) is 10.2 Å². The summed E-state index contributed by atoms with van der Waals surface area (Å²) in [7, 11) is 1.80. The van der Waals surface area contributed by atoms with Gasteiger partial charge < -0.3 is 5.32 Å². The van der Waals surface area contributed by atoms with Crippen molar-refractivity contribution in [2.75, 3.05) is 5.32 Å². The zero-order valence-electron chi connectivity index (χ0n) is 10.1. The van der Waals surface area contributed by atoms with Gasteiger partial charge in [-0.25, -0.2) is 0 Å². The largest absolute Gasteiger partial charge is 0.307 e. The highest BCUT2D eigenvalue weighted by atomic mass is 16.2. The monoisotopic (exact) mass is 233 g/mol. The standard InChI is InChI=1S/C11H15N5O/c1-8-4-6-12-16(8)9(2)11(17)13-10-5-7-15(3)14-10/h4-7,9H,1-3H3,(H,13,14,17). The van der Waals surface area contributed by atoms with E-state index in [0.29, 0.717) is 5.82 Å². The molecule has 0 aromatic carbocycles. The maximum atomic E-state index is 12.0. The molecule has 90 valence electrons. The van der Waals surface area contributed by atoms with Crippen LogP contribution in [0.1, 0.15) is 18.7 Å². The highest BCUT2D eigenvalue weighted by Gasteiger charge is 2.17. The first-order valence-electron chi connectivity index (χ1n) is 5.38. The number of aromatic nitrogens is 4. The fourth-order valence-corrected chi connectivity index (χ4v) is 1.61. The number of anilines is 1. The van der Waals surface area contributed by atoms with E-state index in [2.05, 4.69) is 15.5 Å². The molecule has 1 N–H and O–H groups in total. The molecule has 1 amide bonds. The van der Waals surface area contributed by atoms with Gasteiger partial charge in [-0.3, -0.25) is 14.2 Å². The maximum absolute atomic E-state index is 12.0. The van der Waals surface area contributed by atoms with E-state index in [9.17, 15) is 4.79 Å². The van der Waals surface area contributed by atoms with Crippen molar-refractivity contribution in [1.82, 2.24) is 19.6 Å². The van der Waals surface area contributed by atoms with E-state index in [0.717, 1.165) is 5.69 Å². The molecule has 0 fully saturated rings. The minimum absolute atomic E-state index is 0.129. The Morgan fingerprint density at radius 1 is 1.47 bits per heavy atom. The van der Waals surface area contributed by atoms with Crippen molar-refractivity contribution < 1.29 is 4.79 Å². The molecule has 1 atom stereocenters. The Bertz CT molecular complexity index is 527. The zero-order chi connectivity index (χ0) is 12.4. The second-order valence-corrected chi connectivity index (χ2v) is 3.96. The van der Waals surface area contributed by atoms with E-state index in [1.165, 1.54) is 0 Å². The van der Waals surface area contributed by atoms with Gasteiger partial charge in [0.2, 0.25) is 5.91 Å². The van der Waals surface area contributed by atoms with Crippen molar-refractivity contribution in [1.29, 1.82) is 0 Å². The summed E-state index contributed by atoms with van der Waals surface area (Å²) in [5.41, 5.74) is 0.952. The predicted molar refractivity (Wildman–Crippen MR) is 63.5 cm³/mol. The SMILES string of the molecule is Cc1ccnn1C(C)C(=O)Nc1ccn(C)n1. The molecule has 0 saturated heterocycles. The summed E-state index contributed by atoms with van der Waals surface area (Å²) < 4.78 is 3.32. The molecular weight excluding hydrogens is 218 g/mol. The molecule has 1 unspecified atom stereocenters. The van der Waals surface area contributed by atoms with E-state index >= 15 is 0 Å². The van der Waals surface area contributed by atoms with Crippen LogP contribution in [-0.2, 0) is 11.8 Å². The van der Waals surface area contributed by atoms with Crippen molar-refractivity contribution in [3.63, 3.8) is 0 Å². The van der Waals surface area contributed by atoms with Crippen LogP contribution in [0.2, 0.25) is 0 Å². The first-order valence-corrected chi connectivity index (χ1v) is 5.38. The fraction of sp³-hybridized carbons (Fsp3) is 0.364. The van der Waals surface area contributed by atoms with Gasteiger partial charge in [-0.1, -0.05) is 0 Å². The Morgan fingerprint density at radius 2 is 2.24 bits per heavy atom. The van der Waals surface area contributed by atoms with Crippen LogP contribution in [0.3, 0.4) is 0 Å². The number of nitrogens with zero attached hydrogens (tertiary/aromatic N) is 4. The number of amides is 1. The second kappa shape index (κ2) is 4.40. The number of nitrogens with one attached hydrogen (secondary N) is 1. The van der Waals surface area contributed by atoms with Crippen LogP contribution in [-0.4, -0.2) is 25.5 Å². The highest BCUT2D eigenvalue weighted by Crippen LogP contribution is 2.11. The summed E-state index contributed by atoms with van der Waals surface area (Å²) in [6.45, 7) is 3.72. The lowest BCUT2D eigenvalue weighted by molar-refractivity contribution is -0.119. The molecule has 2 aromatic rings. The third-order valence-electron chi connectivity index (χ3n) is 2.58. The predicted octanol–water partition coefficient (Wildman–Crippen LogP) is 1.12. The molecule has 17 heavy (non-hydrogen) atoms. The van der Waals surface area contributed by atoms with Gasteiger partial charge in [-0.15, -0.1) is 0 Å². The molecule has 0 radical (unpaired) electrons. The molecule has 0 aliphatic heterocycles. The number of hydrogen-bond donors (Lipinski definition) is 1. The summed E-state index contributed by atoms with van der Waals surface area (Å²) in [6.07, 6.45) is 3.46. The Morgan fingerprint density at radius 3 is 2.76 bits per heavy atom. The summed E-state index contributed by atoms with van der Waals surface area (Å²) in [4.78, 5) is 12.0. The molecule has 6 heteroatoms. The van der Waals surface area contributed by atoms with Crippen molar-refractivity contribution in [2.45, 2.75) is 19.9 Å². The topological polar surface area (TPSA) is 64.7 Å². The molecule has 0 spiro atoms. The van der Waals surface area contributed by atoms with E-state index < -0.39 is 0 Å². The van der Waals surface area contributed by atoms with Gasteiger partial charge in [-0.05, 0) is 19.9 Å². The summed E-state index contributed by atoms with van der Waals surface area (Å²) in [5, 5.41) is 11.0. The third kappa shape index (κ3) is 2.35. The highest BCUT2D eigenvalue weighted by molar-refractivity contribution is 5.92. The number of rotatable bonds is 3. The van der Waals surface area contributed by atoms with Crippen LogP contribution in [0.25, 0.3) is 0 Å². The Labute approximate surface area is 99.2 Å². The second-order valence-electron chi connectivity index (χ2n) is 3.96. The van der Waals surface area contributed by atoms with Crippen molar-refractivity contribution in [2.24, 2.45) is 7.05 Å². The van der Waals surface area contributed by atoms with Crippen LogP contribution in [0.5, 0.6) is 0 Å². The van der Waals surface area contributed by atoms with Gasteiger partial charge >= 0.3 is 0 Å². The van der Waals surface area contributed by atoms with Crippen LogP contribution in [0.4, 0.5) is 5.82 Å². The number of carbonyl (C=O) groups excluding carboxylic acids is 1. The van der Waals surface area contributed by atoms with Gasteiger partial charge in [0.15, 0.2) is 5.82 Å². The molecular formula is C11H15N5O. The maximum Gasteiger partial charge on any atom is 0.250 e. The van der Waals surface area contributed by atoms with E-state index in [1.807, 2.05) is 13.0 Å².